The van der Waals surface area contributed by atoms with E-state index in [-0.39, 0.29) is 11.8 Å². The van der Waals surface area contributed by atoms with Gasteiger partial charge in [-0.05, 0) is 55.8 Å². The number of amides is 2. The van der Waals surface area contributed by atoms with Crippen LogP contribution in [0, 0.1) is 13.8 Å². The molecule has 0 unspecified atom stereocenters. The second-order valence-corrected chi connectivity index (χ2v) is 7.78. The summed E-state index contributed by atoms with van der Waals surface area (Å²) in [4.78, 5) is 29.2. The molecule has 6 nitrogen and oxygen atoms in total. The summed E-state index contributed by atoms with van der Waals surface area (Å²) in [6.45, 7) is 4.24. The van der Waals surface area contributed by atoms with E-state index >= 15 is 0 Å². The number of ether oxygens (including phenoxy) is 1. The largest absolute Gasteiger partial charge is 0.497 e. The third-order valence-corrected chi connectivity index (χ3v) is 5.29. The molecule has 4 rings (SSSR count). The van der Waals surface area contributed by atoms with Gasteiger partial charge in [-0.1, -0.05) is 41.5 Å². The number of rotatable bonds is 6. The minimum absolute atomic E-state index is 0.266. The van der Waals surface area contributed by atoms with Crippen LogP contribution in [0.15, 0.2) is 66.7 Å². The number of aromatic amines is 1. The molecule has 0 aliphatic heterocycles. The van der Waals surface area contributed by atoms with Crippen molar-refractivity contribution in [2.45, 2.75) is 20.4 Å². The lowest BCUT2D eigenvalue weighted by Gasteiger charge is -2.10. The highest BCUT2D eigenvalue weighted by molar-refractivity contribution is 6.15. The summed E-state index contributed by atoms with van der Waals surface area (Å²) < 4.78 is 5.24. The Hall–Kier alpha value is -4.06. The highest BCUT2D eigenvalue weighted by atomic mass is 16.5. The smallest absolute Gasteiger partial charge is 0.270 e. The Morgan fingerprint density at radius 1 is 0.906 bits per heavy atom. The maximum atomic E-state index is 13.1. The summed E-state index contributed by atoms with van der Waals surface area (Å²) >= 11 is 0. The minimum atomic E-state index is -0.304. The molecular formula is C26H25N3O3. The molecule has 0 fully saturated rings. The Kier molecular flexibility index (Phi) is 5.94. The summed E-state index contributed by atoms with van der Waals surface area (Å²) in [5.74, 6) is 0.156. The minimum Gasteiger partial charge on any atom is -0.497 e. The van der Waals surface area contributed by atoms with E-state index in [0.717, 1.165) is 33.3 Å². The Morgan fingerprint density at radius 3 is 2.47 bits per heavy atom. The van der Waals surface area contributed by atoms with Gasteiger partial charge in [-0.15, -0.1) is 0 Å². The zero-order valence-electron chi connectivity index (χ0n) is 18.3. The number of hydrogen-bond acceptors (Lipinski definition) is 3. The van der Waals surface area contributed by atoms with Gasteiger partial charge in [0.15, 0.2) is 0 Å². The zero-order valence-corrected chi connectivity index (χ0v) is 18.3. The van der Waals surface area contributed by atoms with Crippen LogP contribution in [-0.4, -0.2) is 23.9 Å². The van der Waals surface area contributed by atoms with Gasteiger partial charge < -0.3 is 20.4 Å². The second-order valence-electron chi connectivity index (χ2n) is 7.78. The van der Waals surface area contributed by atoms with E-state index < -0.39 is 0 Å². The van der Waals surface area contributed by atoms with Crippen LogP contribution in [0.2, 0.25) is 0 Å². The van der Waals surface area contributed by atoms with Crippen LogP contribution in [0.25, 0.3) is 10.9 Å². The summed E-state index contributed by atoms with van der Waals surface area (Å²) in [6.07, 6.45) is 0. The van der Waals surface area contributed by atoms with Crippen molar-refractivity contribution in [3.8, 4) is 5.75 Å². The van der Waals surface area contributed by atoms with Gasteiger partial charge in [0.2, 0.25) is 0 Å². The summed E-state index contributed by atoms with van der Waals surface area (Å²) in [7, 11) is 1.60. The molecule has 0 bridgehead atoms. The highest BCUT2D eigenvalue weighted by Crippen LogP contribution is 2.29. The SMILES string of the molecule is COc1cccc(CNC(=O)c2[nH]c3ccc(C)cc3c2NC(=O)c2cccc(C)c2)c1. The Labute approximate surface area is 186 Å². The van der Waals surface area contributed by atoms with E-state index in [0.29, 0.717) is 23.5 Å². The molecule has 0 atom stereocenters. The normalized spacial score (nSPS) is 10.7. The van der Waals surface area contributed by atoms with Crippen molar-refractivity contribution in [1.29, 1.82) is 0 Å². The standard InChI is InChI=1S/C26H25N3O3/c1-16-6-4-8-19(12-16)25(30)29-23-21-13-17(2)10-11-22(21)28-24(23)26(31)27-15-18-7-5-9-20(14-18)32-3/h4-14,28H,15H2,1-3H3,(H,27,31)(H,29,30). The fraction of sp³-hybridized carbons (Fsp3) is 0.154. The monoisotopic (exact) mass is 427 g/mol. The number of anilines is 1. The van der Waals surface area contributed by atoms with E-state index in [9.17, 15) is 9.59 Å². The third kappa shape index (κ3) is 4.49. The zero-order chi connectivity index (χ0) is 22.7. The maximum absolute atomic E-state index is 13.1. The number of hydrogen-bond donors (Lipinski definition) is 3. The van der Waals surface area contributed by atoms with Gasteiger partial charge in [-0.2, -0.15) is 0 Å². The van der Waals surface area contributed by atoms with Crippen LogP contribution in [0.5, 0.6) is 5.75 Å². The number of carbonyl (C=O) groups excluding carboxylic acids is 2. The van der Waals surface area contributed by atoms with Crippen LogP contribution >= 0.6 is 0 Å². The van der Waals surface area contributed by atoms with E-state index in [1.807, 2.05) is 74.5 Å². The van der Waals surface area contributed by atoms with Crippen LogP contribution in [0.4, 0.5) is 5.69 Å². The van der Waals surface area contributed by atoms with E-state index in [1.54, 1.807) is 13.2 Å². The number of aromatic nitrogens is 1. The molecule has 1 aromatic heterocycles. The van der Waals surface area contributed by atoms with Gasteiger partial charge >= 0.3 is 0 Å². The molecule has 0 aliphatic rings. The van der Waals surface area contributed by atoms with Crippen LogP contribution in [0.3, 0.4) is 0 Å². The quantitative estimate of drug-likeness (QED) is 0.406. The molecule has 2 amide bonds. The van der Waals surface area contributed by atoms with Crippen molar-refractivity contribution in [3.05, 3.63) is 94.7 Å². The van der Waals surface area contributed by atoms with Crippen molar-refractivity contribution >= 4 is 28.4 Å². The lowest BCUT2D eigenvalue weighted by molar-refractivity contribution is 0.0947. The van der Waals surface area contributed by atoms with Crippen molar-refractivity contribution in [2.75, 3.05) is 12.4 Å². The Balaban J connectivity index is 1.64. The number of H-pyrrole nitrogens is 1. The molecule has 3 N–H and O–H groups in total. The summed E-state index contributed by atoms with van der Waals surface area (Å²) in [5, 5.41) is 6.67. The molecule has 0 saturated heterocycles. The molecule has 0 spiro atoms. The molecule has 3 aromatic carbocycles. The molecular weight excluding hydrogens is 402 g/mol. The van der Waals surface area contributed by atoms with Gasteiger partial charge in [0.1, 0.15) is 11.4 Å². The predicted molar refractivity (Wildman–Crippen MR) is 126 cm³/mol. The highest BCUT2D eigenvalue weighted by Gasteiger charge is 2.20. The number of fused-ring (bicyclic) bond motifs is 1. The molecule has 0 aliphatic carbocycles. The van der Waals surface area contributed by atoms with Crippen molar-refractivity contribution in [3.63, 3.8) is 0 Å². The second kappa shape index (κ2) is 8.98. The third-order valence-electron chi connectivity index (χ3n) is 5.29. The lowest BCUT2D eigenvalue weighted by atomic mass is 10.1. The summed E-state index contributed by atoms with van der Waals surface area (Å²) in [5.41, 5.74) is 5.04. The fourth-order valence-corrected chi connectivity index (χ4v) is 3.63. The first-order chi connectivity index (χ1) is 15.4. The van der Waals surface area contributed by atoms with Crippen molar-refractivity contribution in [2.24, 2.45) is 0 Å². The van der Waals surface area contributed by atoms with Gasteiger partial charge in [0, 0.05) is 23.0 Å². The van der Waals surface area contributed by atoms with Crippen LogP contribution < -0.4 is 15.4 Å². The van der Waals surface area contributed by atoms with Crippen LogP contribution in [-0.2, 0) is 6.54 Å². The fourth-order valence-electron chi connectivity index (χ4n) is 3.63. The first-order valence-corrected chi connectivity index (χ1v) is 10.4. The average Bonchev–Trinajstić information content (AvgIpc) is 3.15. The molecule has 162 valence electrons. The maximum Gasteiger partial charge on any atom is 0.270 e. The van der Waals surface area contributed by atoms with Crippen molar-refractivity contribution in [1.82, 2.24) is 10.3 Å². The van der Waals surface area contributed by atoms with E-state index in [1.165, 1.54) is 0 Å². The molecule has 32 heavy (non-hydrogen) atoms. The number of nitrogens with one attached hydrogen (secondary N) is 3. The van der Waals surface area contributed by atoms with E-state index in [4.69, 9.17) is 4.74 Å². The summed E-state index contributed by atoms with van der Waals surface area (Å²) in [6, 6.07) is 20.7. The Bertz CT molecular complexity index is 1310. The topological polar surface area (TPSA) is 83.2 Å². The molecule has 6 heteroatoms. The van der Waals surface area contributed by atoms with Gasteiger partial charge in [0.05, 0.1) is 12.8 Å². The molecule has 0 saturated carbocycles. The van der Waals surface area contributed by atoms with Gasteiger partial charge in [-0.3, -0.25) is 9.59 Å². The van der Waals surface area contributed by atoms with Crippen LogP contribution in [0.1, 0.15) is 37.5 Å². The first-order valence-electron chi connectivity index (χ1n) is 10.4. The molecule has 4 aromatic rings. The lowest BCUT2D eigenvalue weighted by Crippen LogP contribution is -2.25. The van der Waals surface area contributed by atoms with Gasteiger partial charge in [0.25, 0.3) is 11.8 Å². The Morgan fingerprint density at radius 2 is 1.69 bits per heavy atom. The number of aryl methyl sites for hydroxylation is 2. The first kappa shape index (κ1) is 21.2. The number of methoxy groups -OCH3 is 1. The molecule has 0 radical (unpaired) electrons. The molecule has 1 heterocycles. The number of carbonyl (C=O) groups is 2. The predicted octanol–water partition coefficient (Wildman–Crippen LogP) is 4.98. The van der Waals surface area contributed by atoms with Gasteiger partial charge in [-0.25, -0.2) is 0 Å². The number of benzene rings is 3. The average molecular weight is 428 g/mol. The van der Waals surface area contributed by atoms with Crippen molar-refractivity contribution < 1.29 is 14.3 Å². The van der Waals surface area contributed by atoms with E-state index in [2.05, 4.69) is 15.6 Å².